The summed E-state index contributed by atoms with van der Waals surface area (Å²) in [5.74, 6) is -0.459. The summed E-state index contributed by atoms with van der Waals surface area (Å²) in [6.45, 7) is 1.88. The fraction of sp³-hybridized carbons (Fsp3) is 0.125. The highest BCUT2D eigenvalue weighted by Gasteiger charge is 2.34. The molecule has 0 saturated heterocycles. The average molecular weight is 398 g/mol. The number of fused-ring (bicyclic) bond motifs is 1. The molecule has 0 saturated carbocycles. The molecule has 0 spiro atoms. The van der Waals surface area contributed by atoms with Crippen molar-refractivity contribution < 1.29 is 18.3 Å². The predicted molar refractivity (Wildman–Crippen MR) is 88.0 cm³/mol. The molecule has 2 aromatic carbocycles. The van der Waals surface area contributed by atoms with Crippen molar-refractivity contribution in [1.29, 1.82) is 0 Å². The number of nitrogens with zero attached hydrogens (tertiary/aromatic N) is 2. The number of aromatic nitrogens is 1. The van der Waals surface area contributed by atoms with Crippen molar-refractivity contribution in [1.82, 2.24) is 4.98 Å². The highest BCUT2D eigenvalue weighted by atomic mass is 79.9. The van der Waals surface area contributed by atoms with E-state index >= 15 is 0 Å². The molecular weight excluding hydrogens is 387 g/mol. The number of alkyl halides is 3. The number of benzene rings is 2. The number of para-hydroxylation sites is 1. The molecular formula is C16H11BrF3N3O. The molecule has 124 valence electrons. The lowest BCUT2D eigenvalue weighted by Crippen LogP contribution is -2.05. The molecule has 8 heteroatoms. The molecule has 4 nitrogen and oxygen atoms in total. The number of H-pyrrole nitrogens is 1. The minimum atomic E-state index is -4.53. The van der Waals surface area contributed by atoms with Crippen LogP contribution in [-0.4, -0.2) is 10.1 Å². The zero-order chi connectivity index (χ0) is 17.5. The van der Waals surface area contributed by atoms with Gasteiger partial charge in [0.2, 0.25) is 5.88 Å². The highest BCUT2D eigenvalue weighted by molar-refractivity contribution is 9.10. The topological polar surface area (TPSA) is 60.7 Å². The van der Waals surface area contributed by atoms with E-state index in [1.807, 2.05) is 6.92 Å². The molecule has 0 amide bonds. The Balaban J connectivity index is 2.08. The molecule has 24 heavy (non-hydrogen) atoms. The van der Waals surface area contributed by atoms with Crippen molar-refractivity contribution >= 4 is 38.2 Å². The summed E-state index contributed by atoms with van der Waals surface area (Å²) in [7, 11) is 0. The van der Waals surface area contributed by atoms with E-state index in [2.05, 4.69) is 31.1 Å². The van der Waals surface area contributed by atoms with Gasteiger partial charge < -0.3 is 10.1 Å². The van der Waals surface area contributed by atoms with Crippen LogP contribution in [0.15, 0.2) is 51.1 Å². The number of nitrogens with one attached hydrogen (secondary N) is 1. The van der Waals surface area contributed by atoms with Crippen LogP contribution in [0.3, 0.4) is 0 Å². The second kappa shape index (κ2) is 5.94. The second-order valence-electron chi connectivity index (χ2n) is 5.18. The predicted octanol–water partition coefficient (Wildman–Crippen LogP) is 6.38. The number of aromatic amines is 1. The average Bonchev–Trinajstić information content (AvgIpc) is 2.82. The maximum atomic E-state index is 13.0. The van der Waals surface area contributed by atoms with Gasteiger partial charge in [-0.05, 0) is 36.8 Å². The summed E-state index contributed by atoms with van der Waals surface area (Å²) in [6, 6.07) is 8.91. The van der Waals surface area contributed by atoms with Gasteiger partial charge in [-0.3, -0.25) is 0 Å². The van der Waals surface area contributed by atoms with Crippen LogP contribution in [0.2, 0.25) is 0 Å². The van der Waals surface area contributed by atoms with E-state index in [-0.39, 0.29) is 16.6 Å². The minimum absolute atomic E-state index is 0.0309. The van der Waals surface area contributed by atoms with E-state index < -0.39 is 17.6 Å². The van der Waals surface area contributed by atoms with Crippen LogP contribution in [0.4, 0.5) is 24.5 Å². The standard InChI is InChI=1S/C16H11BrF3N3O/c1-8-7-9(5-6-12(8)17)22-23-14-10-3-2-4-11(16(18,19)20)13(10)21-15(14)24/h2-7,21,24H,1H3. The summed E-state index contributed by atoms with van der Waals surface area (Å²) in [5.41, 5.74) is 0.349. The van der Waals surface area contributed by atoms with E-state index in [0.717, 1.165) is 16.1 Å². The Bertz CT molecular complexity index is 948. The Kier molecular flexibility index (Phi) is 4.08. The molecule has 0 fully saturated rings. The minimum Gasteiger partial charge on any atom is -0.493 e. The van der Waals surface area contributed by atoms with Gasteiger partial charge in [-0.1, -0.05) is 28.1 Å². The summed E-state index contributed by atoms with van der Waals surface area (Å²) in [5, 5.41) is 18.0. The second-order valence-corrected chi connectivity index (χ2v) is 6.04. The van der Waals surface area contributed by atoms with Gasteiger partial charge in [-0.2, -0.15) is 18.3 Å². The number of rotatable bonds is 2. The molecule has 0 aliphatic heterocycles. The highest BCUT2D eigenvalue weighted by Crippen LogP contribution is 2.42. The molecule has 0 atom stereocenters. The number of aromatic hydroxyl groups is 1. The van der Waals surface area contributed by atoms with Gasteiger partial charge in [0.15, 0.2) is 5.69 Å². The molecule has 0 unspecified atom stereocenters. The first-order valence-electron chi connectivity index (χ1n) is 6.86. The summed E-state index contributed by atoms with van der Waals surface area (Å²) in [4.78, 5) is 2.33. The summed E-state index contributed by atoms with van der Waals surface area (Å²) >= 11 is 3.37. The van der Waals surface area contributed by atoms with Crippen LogP contribution in [-0.2, 0) is 6.18 Å². The Labute approximate surface area is 143 Å². The molecule has 1 aromatic heterocycles. The van der Waals surface area contributed by atoms with Crippen LogP contribution in [0, 0.1) is 6.92 Å². The Morgan fingerprint density at radius 1 is 1.12 bits per heavy atom. The van der Waals surface area contributed by atoms with Crippen molar-refractivity contribution in [2.24, 2.45) is 10.2 Å². The van der Waals surface area contributed by atoms with Crippen LogP contribution >= 0.6 is 15.9 Å². The zero-order valence-corrected chi connectivity index (χ0v) is 13.9. The number of aryl methyl sites for hydroxylation is 1. The first kappa shape index (κ1) is 16.5. The van der Waals surface area contributed by atoms with Gasteiger partial charge in [0, 0.05) is 9.86 Å². The zero-order valence-electron chi connectivity index (χ0n) is 12.3. The fourth-order valence-corrected chi connectivity index (χ4v) is 2.57. The van der Waals surface area contributed by atoms with E-state index in [1.165, 1.54) is 12.1 Å². The number of hydrogen-bond donors (Lipinski definition) is 2. The lowest BCUT2D eigenvalue weighted by atomic mass is 10.1. The molecule has 0 bridgehead atoms. The first-order valence-corrected chi connectivity index (χ1v) is 7.65. The van der Waals surface area contributed by atoms with Crippen molar-refractivity contribution in [2.75, 3.05) is 0 Å². The molecule has 1 heterocycles. The van der Waals surface area contributed by atoms with Gasteiger partial charge in [0.25, 0.3) is 0 Å². The summed E-state index contributed by atoms with van der Waals surface area (Å²) < 4.78 is 40.0. The van der Waals surface area contributed by atoms with Gasteiger partial charge in [0.1, 0.15) is 0 Å². The van der Waals surface area contributed by atoms with E-state index in [1.54, 1.807) is 18.2 Å². The van der Waals surface area contributed by atoms with Crippen molar-refractivity contribution in [3.05, 3.63) is 52.0 Å². The molecule has 0 radical (unpaired) electrons. The normalized spacial score (nSPS) is 12.4. The fourth-order valence-electron chi connectivity index (χ4n) is 2.33. The van der Waals surface area contributed by atoms with E-state index in [4.69, 9.17) is 0 Å². The maximum absolute atomic E-state index is 13.0. The summed E-state index contributed by atoms with van der Waals surface area (Å²) in [6.07, 6.45) is -4.53. The van der Waals surface area contributed by atoms with E-state index in [0.29, 0.717) is 5.69 Å². The van der Waals surface area contributed by atoms with Gasteiger partial charge in [-0.25, -0.2) is 0 Å². The number of azo groups is 1. The van der Waals surface area contributed by atoms with Crippen LogP contribution in [0.25, 0.3) is 10.9 Å². The first-order chi connectivity index (χ1) is 11.3. The Morgan fingerprint density at radius 2 is 1.88 bits per heavy atom. The molecule has 3 aromatic rings. The number of hydrogen-bond acceptors (Lipinski definition) is 3. The molecule has 0 aliphatic rings. The Morgan fingerprint density at radius 3 is 2.54 bits per heavy atom. The molecule has 2 N–H and O–H groups in total. The van der Waals surface area contributed by atoms with Gasteiger partial charge >= 0.3 is 6.18 Å². The molecule has 3 rings (SSSR count). The number of halogens is 4. The van der Waals surface area contributed by atoms with Crippen molar-refractivity contribution in [3.8, 4) is 5.88 Å². The van der Waals surface area contributed by atoms with Crippen molar-refractivity contribution in [3.63, 3.8) is 0 Å². The maximum Gasteiger partial charge on any atom is 0.418 e. The SMILES string of the molecule is Cc1cc(N=Nc2c(O)[nH]c3c(C(F)(F)F)cccc23)ccc1Br. The smallest absolute Gasteiger partial charge is 0.418 e. The third-order valence-electron chi connectivity index (χ3n) is 3.50. The van der Waals surface area contributed by atoms with Gasteiger partial charge in [0.05, 0.1) is 16.8 Å². The lowest BCUT2D eigenvalue weighted by molar-refractivity contribution is -0.136. The Hall–Kier alpha value is -2.35. The quantitative estimate of drug-likeness (QED) is 0.484. The van der Waals surface area contributed by atoms with Crippen LogP contribution in [0.5, 0.6) is 5.88 Å². The van der Waals surface area contributed by atoms with Gasteiger partial charge in [-0.15, -0.1) is 5.11 Å². The third kappa shape index (κ3) is 3.01. The third-order valence-corrected chi connectivity index (χ3v) is 4.39. The van der Waals surface area contributed by atoms with Crippen molar-refractivity contribution in [2.45, 2.75) is 13.1 Å². The van der Waals surface area contributed by atoms with E-state index in [9.17, 15) is 18.3 Å². The largest absolute Gasteiger partial charge is 0.493 e. The van der Waals surface area contributed by atoms with Crippen LogP contribution < -0.4 is 0 Å². The van der Waals surface area contributed by atoms with Crippen LogP contribution in [0.1, 0.15) is 11.1 Å². The molecule has 0 aliphatic carbocycles. The monoisotopic (exact) mass is 397 g/mol. The lowest BCUT2D eigenvalue weighted by Gasteiger charge is -2.06.